The van der Waals surface area contributed by atoms with E-state index >= 15 is 0 Å². The molecule has 1 aromatic carbocycles. The van der Waals surface area contributed by atoms with E-state index in [2.05, 4.69) is 5.10 Å². The van der Waals surface area contributed by atoms with Crippen LogP contribution in [0.2, 0.25) is 10.0 Å². The van der Waals surface area contributed by atoms with E-state index < -0.39 is 0 Å². The van der Waals surface area contributed by atoms with Gasteiger partial charge in [0.15, 0.2) is 6.29 Å². The first-order valence-corrected chi connectivity index (χ1v) is 5.89. The second-order valence-corrected chi connectivity index (χ2v) is 4.47. The maximum Gasteiger partial charge on any atom is 0.153 e. The lowest BCUT2D eigenvalue weighted by molar-refractivity contribution is 0.111. The minimum atomic E-state index is 0.270. The SMILES string of the molecule is COCc1nn(-c2ccc(Cl)cc2Cl)cc1C=O. The lowest BCUT2D eigenvalue weighted by Gasteiger charge is -2.04. The van der Waals surface area contributed by atoms with E-state index in [1.807, 2.05) is 0 Å². The molecule has 2 rings (SSSR count). The Morgan fingerprint density at radius 3 is 2.83 bits per heavy atom. The van der Waals surface area contributed by atoms with Crippen LogP contribution in [0.15, 0.2) is 24.4 Å². The first-order valence-electron chi connectivity index (χ1n) is 5.13. The van der Waals surface area contributed by atoms with Crippen molar-refractivity contribution >= 4 is 29.5 Å². The Hall–Kier alpha value is -1.36. The smallest absolute Gasteiger partial charge is 0.153 e. The number of aromatic nitrogens is 2. The Balaban J connectivity index is 2.47. The van der Waals surface area contributed by atoms with Gasteiger partial charge < -0.3 is 4.74 Å². The predicted octanol–water partition coefficient (Wildman–Crippen LogP) is 3.14. The van der Waals surface area contributed by atoms with Crippen LogP contribution in [-0.4, -0.2) is 23.2 Å². The standard InChI is InChI=1S/C12H10Cl2N2O2/c1-18-7-11-8(6-17)5-16(15-11)12-3-2-9(13)4-10(12)14/h2-6H,7H2,1H3. The van der Waals surface area contributed by atoms with E-state index in [-0.39, 0.29) is 6.61 Å². The van der Waals surface area contributed by atoms with Crippen molar-refractivity contribution in [1.29, 1.82) is 0 Å². The topological polar surface area (TPSA) is 44.1 Å². The minimum absolute atomic E-state index is 0.270. The molecule has 0 spiro atoms. The molecule has 94 valence electrons. The zero-order chi connectivity index (χ0) is 13.1. The zero-order valence-electron chi connectivity index (χ0n) is 9.56. The molecule has 1 heterocycles. The number of rotatable bonds is 4. The van der Waals surface area contributed by atoms with Crippen LogP contribution in [0.4, 0.5) is 0 Å². The van der Waals surface area contributed by atoms with E-state index in [9.17, 15) is 4.79 Å². The van der Waals surface area contributed by atoms with Crippen molar-refractivity contribution in [2.75, 3.05) is 7.11 Å². The fourth-order valence-electron chi connectivity index (χ4n) is 1.56. The molecule has 0 bridgehead atoms. The summed E-state index contributed by atoms with van der Waals surface area (Å²) in [5.41, 5.74) is 1.70. The molecule has 4 nitrogen and oxygen atoms in total. The molecule has 0 saturated heterocycles. The Morgan fingerprint density at radius 2 is 2.22 bits per heavy atom. The number of nitrogens with zero attached hydrogens (tertiary/aromatic N) is 2. The summed E-state index contributed by atoms with van der Waals surface area (Å²) in [6.07, 6.45) is 2.35. The number of aldehydes is 1. The highest BCUT2D eigenvalue weighted by Crippen LogP contribution is 2.24. The van der Waals surface area contributed by atoms with Crippen molar-refractivity contribution in [3.63, 3.8) is 0 Å². The number of hydrogen-bond acceptors (Lipinski definition) is 3. The normalized spacial score (nSPS) is 10.6. The van der Waals surface area contributed by atoms with Crippen molar-refractivity contribution in [2.45, 2.75) is 6.61 Å². The van der Waals surface area contributed by atoms with Crippen LogP contribution in [0.5, 0.6) is 0 Å². The average molecular weight is 285 g/mol. The minimum Gasteiger partial charge on any atom is -0.378 e. The molecule has 0 aliphatic rings. The number of carbonyl (C=O) groups excluding carboxylic acids is 1. The Labute approximate surface area is 114 Å². The summed E-state index contributed by atoms with van der Waals surface area (Å²) in [6.45, 7) is 0.270. The van der Waals surface area contributed by atoms with E-state index in [0.717, 1.165) is 6.29 Å². The third-order valence-corrected chi connectivity index (χ3v) is 2.93. The summed E-state index contributed by atoms with van der Waals surface area (Å²) in [7, 11) is 1.54. The highest BCUT2D eigenvalue weighted by Gasteiger charge is 2.11. The van der Waals surface area contributed by atoms with E-state index in [1.165, 1.54) is 4.68 Å². The molecule has 0 unspecified atom stereocenters. The number of carbonyl (C=O) groups is 1. The van der Waals surface area contributed by atoms with E-state index in [1.54, 1.807) is 31.5 Å². The average Bonchev–Trinajstić information content (AvgIpc) is 2.72. The summed E-state index contributed by atoms with van der Waals surface area (Å²) >= 11 is 11.9. The molecule has 0 N–H and O–H groups in total. The van der Waals surface area contributed by atoms with Gasteiger partial charge in [-0.05, 0) is 18.2 Å². The second kappa shape index (κ2) is 5.52. The van der Waals surface area contributed by atoms with Crippen LogP contribution >= 0.6 is 23.2 Å². The first kappa shape index (κ1) is 13.1. The number of hydrogen-bond donors (Lipinski definition) is 0. The van der Waals surface area contributed by atoms with Gasteiger partial charge in [0, 0.05) is 18.3 Å². The van der Waals surface area contributed by atoms with Gasteiger partial charge in [0.05, 0.1) is 28.6 Å². The molecule has 1 aromatic heterocycles. The van der Waals surface area contributed by atoms with E-state index in [0.29, 0.717) is 27.0 Å². The van der Waals surface area contributed by atoms with Crippen molar-refractivity contribution in [2.24, 2.45) is 0 Å². The summed E-state index contributed by atoms with van der Waals surface area (Å²) in [4.78, 5) is 10.9. The number of ether oxygens (including phenoxy) is 1. The predicted molar refractivity (Wildman–Crippen MR) is 69.7 cm³/mol. The number of benzene rings is 1. The van der Waals surface area contributed by atoms with Gasteiger partial charge in [-0.15, -0.1) is 0 Å². The Bertz CT molecular complexity index is 581. The molecule has 0 atom stereocenters. The quantitative estimate of drug-likeness (QED) is 0.811. The fraction of sp³-hybridized carbons (Fsp3) is 0.167. The largest absolute Gasteiger partial charge is 0.378 e. The van der Waals surface area contributed by atoms with E-state index in [4.69, 9.17) is 27.9 Å². The van der Waals surface area contributed by atoms with Crippen LogP contribution in [0.3, 0.4) is 0 Å². The molecule has 0 radical (unpaired) electrons. The number of halogens is 2. The van der Waals surface area contributed by atoms with Crippen LogP contribution in [0, 0.1) is 0 Å². The summed E-state index contributed by atoms with van der Waals surface area (Å²) in [5.74, 6) is 0. The van der Waals surface area contributed by atoms with Crippen LogP contribution in [-0.2, 0) is 11.3 Å². The molecule has 18 heavy (non-hydrogen) atoms. The third-order valence-electron chi connectivity index (χ3n) is 2.39. The van der Waals surface area contributed by atoms with Crippen molar-refractivity contribution < 1.29 is 9.53 Å². The zero-order valence-corrected chi connectivity index (χ0v) is 11.1. The highest BCUT2D eigenvalue weighted by molar-refractivity contribution is 6.35. The molecule has 0 saturated carbocycles. The van der Waals surface area contributed by atoms with Gasteiger partial charge in [-0.2, -0.15) is 5.10 Å². The summed E-state index contributed by atoms with van der Waals surface area (Å²) in [6, 6.07) is 5.07. The Morgan fingerprint density at radius 1 is 1.44 bits per heavy atom. The summed E-state index contributed by atoms with van der Waals surface area (Å²) < 4.78 is 6.52. The molecule has 0 aliphatic carbocycles. The third kappa shape index (κ3) is 2.56. The summed E-state index contributed by atoms with van der Waals surface area (Å²) in [5, 5.41) is 5.27. The van der Waals surface area contributed by atoms with Gasteiger partial charge in [-0.25, -0.2) is 4.68 Å². The first-order chi connectivity index (χ1) is 8.65. The molecular weight excluding hydrogens is 275 g/mol. The fourth-order valence-corrected chi connectivity index (χ4v) is 2.06. The van der Waals surface area contributed by atoms with Gasteiger partial charge in [0.1, 0.15) is 0 Å². The highest BCUT2D eigenvalue weighted by atomic mass is 35.5. The molecule has 2 aromatic rings. The lowest BCUT2D eigenvalue weighted by Crippen LogP contribution is -1.98. The van der Waals surface area contributed by atoms with Gasteiger partial charge in [0.25, 0.3) is 0 Å². The molecule has 6 heteroatoms. The van der Waals surface area contributed by atoms with Crippen molar-refractivity contribution in [3.05, 3.63) is 45.7 Å². The lowest BCUT2D eigenvalue weighted by atomic mass is 10.3. The van der Waals surface area contributed by atoms with Gasteiger partial charge in [-0.3, -0.25) is 4.79 Å². The van der Waals surface area contributed by atoms with Crippen LogP contribution in [0.25, 0.3) is 5.69 Å². The maximum atomic E-state index is 10.9. The molecule has 0 fully saturated rings. The number of methoxy groups -OCH3 is 1. The molecular formula is C12H10Cl2N2O2. The monoisotopic (exact) mass is 284 g/mol. The van der Waals surface area contributed by atoms with Crippen LogP contribution in [0.1, 0.15) is 16.1 Å². The Kier molecular flexibility index (Phi) is 4.01. The maximum absolute atomic E-state index is 10.9. The van der Waals surface area contributed by atoms with Crippen molar-refractivity contribution in [1.82, 2.24) is 9.78 Å². The van der Waals surface area contributed by atoms with Gasteiger partial charge in [0.2, 0.25) is 0 Å². The van der Waals surface area contributed by atoms with Gasteiger partial charge in [-0.1, -0.05) is 23.2 Å². The molecule has 0 amide bonds. The molecule has 0 aliphatic heterocycles. The second-order valence-electron chi connectivity index (χ2n) is 3.62. The van der Waals surface area contributed by atoms with Crippen molar-refractivity contribution in [3.8, 4) is 5.69 Å². The van der Waals surface area contributed by atoms with Gasteiger partial charge >= 0.3 is 0 Å². The van der Waals surface area contributed by atoms with Crippen LogP contribution < -0.4 is 0 Å².